The lowest BCUT2D eigenvalue weighted by Crippen LogP contribution is -2.22. The molecule has 0 bridgehead atoms. The lowest BCUT2D eigenvalue weighted by atomic mass is 10.2. The van der Waals surface area contributed by atoms with Crippen molar-refractivity contribution in [2.24, 2.45) is 5.73 Å². The smallest absolute Gasteiger partial charge is 0.328 e. The Morgan fingerprint density at radius 3 is 2.92 bits per heavy atom. The zero-order valence-electron chi connectivity index (χ0n) is 7.47. The van der Waals surface area contributed by atoms with Crippen molar-refractivity contribution >= 4 is 5.97 Å². The molecule has 3 N–H and O–H groups in total. The average Bonchev–Trinajstić information content (AvgIpc) is 2.46. The minimum Gasteiger partial charge on any atom is -0.480 e. The third-order valence-electron chi connectivity index (χ3n) is 1.78. The molecule has 0 amide bonds. The van der Waals surface area contributed by atoms with Crippen LogP contribution in [0.4, 0.5) is 0 Å². The molecule has 1 unspecified atom stereocenters. The summed E-state index contributed by atoms with van der Waals surface area (Å²) in [4.78, 5) is 10.8. The summed E-state index contributed by atoms with van der Waals surface area (Å²) in [6, 6.07) is -0.640. The Morgan fingerprint density at radius 2 is 2.54 bits per heavy atom. The lowest BCUT2D eigenvalue weighted by molar-refractivity contribution is -0.141. The van der Waals surface area contributed by atoms with Gasteiger partial charge in [-0.1, -0.05) is 0 Å². The second-order valence-electron chi connectivity index (χ2n) is 2.93. The number of carbonyl (C=O) groups is 1. The van der Waals surface area contributed by atoms with Crippen LogP contribution in [0.1, 0.15) is 18.0 Å². The molecular formula is C8H13N3O2. The Hall–Kier alpha value is -1.36. The number of rotatable bonds is 4. The molecule has 1 atom stereocenters. The van der Waals surface area contributed by atoms with Crippen LogP contribution in [0.5, 0.6) is 0 Å². The van der Waals surface area contributed by atoms with Crippen LogP contribution in [0.3, 0.4) is 0 Å². The van der Waals surface area contributed by atoms with E-state index in [1.807, 2.05) is 6.92 Å². The van der Waals surface area contributed by atoms with E-state index < -0.39 is 12.0 Å². The Balaban J connectivity index is 2.81. The van der Waals surface area contributed by atoms with Gasteiger partial charge in [-0.15, -0.1) is 0 Å². The standard InChI is InChI=1S/C8H13N3O2/c1-6-4-10-11(5-6)7(2-3-9)8(12)13/h4-5,7H,2-3,9H2,1H3,(H,12,13). The molecule has 1 aromatic heterocycles. The summed E-state index contributed by atoms with van der Waals surface area (Å²) in [6.45, 7) is 2.21. The predicted molar refractivity (Wildman–Crippen MR) is 47.3 cm³/mol. The first-order valence-electron chi connectivity index (χ1n) is 4.08. The van der Waals surface area contributed by atoms with E-state index in [0.29, 0.717) is 13.0 Å². The van der Waals surface area contributed by atoms with Crippen molar-refractivity contribution in [2.75, 3.05) is 6.54 Å². The van der Waals surface area contributed by atoms with Gasteiger partial charge in [-0.2, -0.15) is 5.10 Å². The molecule has 5 nitrogen and oxygen atoms in total. The fourth-order valence-corrected chi connectivity index (χ4v) is 1.13. The Kier molecular flexibility index (Phi) is 3.02. The van der Waals surface area contributed by atoms with Crippen molar-refractivity contribution in [3.05, 3.63) is 18.0 Å². The van der Waals surface area contributed by atoms with Crippen LogP contribution in [0.15, 0.2) is 12.4 Å². The van der Waals surface area contributed by atoms with Crippen LogP contribution in [-0.4, -0.2) is 27.4 Å². The average molecular weight is 183 g/mol. The van der Waals surface area contributed by atoms with E-state index in [9.17, 15) is 4.79 Å². The van der Waals surface area contributed by atoms with E-state index in [2.05, 4.69) is 5.10 Å². The number of carboxylic acid groups (broad SMARTS) is 1. The predicted octanol–water partition coefficient (Wildman–Crippen LogP) is 0.166. The van der Waals surface area contributed by atoms with E-state index in [1.165, 1.54) is 4.68 Å². The minimum atomic E-state index is -0.895. The summed E-state index contributed by atoms with van der Waals surface area (Å²) < 4.78 is 1.44. The summed E-state index contributed by atoms with van der Waals surface area (Å²) in [5.74, 6) is -0.895. The number of nitrogens with two attached hydrogens (primary N) is 1. The molecule has 0 saturated heterocycles. The summed E-state index contributed by atoms with van der Waals surface area (Å²) in [5.41, 5.74) is 6.25. The van der Waals surface area contributed by atoms with Crippen molar-refractivity contribution in [3.8, 4) is 0 Å². The van der Waals surface area contributed by atoms with Crippen LogP contribution >= 0.6 is 0 Å². The number of hydrogen-bond acceptors (Lipinski definition) is 3. The van der Waals surface area contributed by atoms with E-state index in [1.54, 1.807) is 12.4 Å². The SMILES string of the molecule is Cc1cnn(C(CCN)C(=O)O)c1. The number of hydrogen-bond donors (Lipinski definition) is 2. The van der Waals surface area contributed by atoms with Crippen LogP contribution < -0.4 is 5.73 Å². The van der Waals surface area contributed by atoms with Gasteiger partial charge >= 0.3 is 5.97 Å². The number of aromatic nitrogens is 2. The largest absolute Gasteiger partial charge is 0.480 e. The molecule has 0 fully saturated rings. The summed E-state index contributed by atoms with van der Waals surface area (Å²) in [7, 11) is 0. The molecule has 0 spiro atoms. The first-order valence-corrected chi connectivity index (χ1v) is 4.08. The highest BCUT2D eigenvalue weighted by molar-refractivity contribution is 5.71. The van der Waals surface area contributed by atoms with Gasteiger partial charge in [-0.3, -0.25) is 4.68 Å². The van der Waals surface area contributed by atoms with Crippen LogP contribution in [0.25, 0.3) is 0 Å². The third kappa shape index (κ3) is 2.29. The second kappa shape index (κ2) is 4.04. The van der Waals surface area contributed by atoms with E-state index >= 15 is 0 Å². The molecule has 1 rings (SSSR count). The molecule has 1 aromatic rings. The first kappa shape index (κ1) is 9.73. The summed E-state index contributed by atoms with van der Waals surface area (Å²) >= 11 is 0. The fourth-order valence-electron chi connectivity index (χ4n) is 1.13. The molecule has 0 saturated carbocycles. The van der Waals surface area contributed by atoms with E-state index in [-0.39, 0.29) is 0 Å². The summed E-state index contributed by atoms with van der Waals surface area (Å²) in [5, 5.41) is 12.8. The monoisotopic (exact) mass is 183 g/mol. The minimum absolute atomic E-state index is 0.343. The fraction of sp³-hybridized carbons (Fsp3) is 0.500. The van der Waals surface area contributed by atoms with Gasteiger partial charge < -0.3 is 10.8 Å². The molecule has 0 aromatic carbocycles. The quantitative estimate of drug-likeness (QED) is 0.697. The topological polar surface area (TPSA) is 81.1 Å². The van der Waals surface area contributed by atoms with Crippen LogP contribution in [0.2, 0.25) is 0 Å². The highest BCUT2D eigenvalue weighted by atomic mass is 16.4. The molecule has 0 radical (unpaired) electrons. The maximum Gasteiger partial charge on any atom is 0.328 e. The Bertz CT molecular complexity index is 295. The molecule has 0 aliphatic carbocycles. The van der Waals surface area contributed by atoms with Gasteiger partial charge in [-0.05, 0) is 25.5 Å². The molecule has 0 aliphatic heterocycles. The van der Waals surface area contributed by atoms with Crippen molar-refractivity contribution in [1.29, 1.82) is 0 Å². The number of aryl methyl sites for hydroxylation is 1. The maximum absolute atomic E-state index is 10.8. The third-order valence-corrected chi connectivity index (χ3v) is 1.78. The van der Waals surface area contributed by atoms with Crippen molar-refractivity contribution in [3.63, 3.8) is 0 Å². The van der Waals surface area contributed by atoms with Gasteiger partial charge in [-0.25, -0.2) is 4.79 Å². The highest BCUT2D eigenvalue weighted by Crippen LogP contribution is 2.10. The van der Waals surface area contributed by atoms with E-state index in [0.717, 1.165) is 5.56 Å². The van der Waals surface area contributed by atoms with Crippen molar-refractivity contribution in [2.45, 2.75) is 19.4 Å². The highest BCUT2D eigenvalue weighted by Gasteiger charge is 2.18. The van der Waals surface area contributed by atoms with Gasteiger partial charge in [0.2, 0.25) is 0 Å². The molecule has 13 heavy (non-hydrogen) atoms. The maximum atomic E-state index is 10.8. The van der Waals surface area contributed by atoms with E-state index in [4.69, 9.17) is 10.8 Å². The zero-order valence-corrected chi connectivity index (χ0v) is 7.47. The van der Waals surface area contributed by atoms with Crippen LogP contribution in [-0.2, 0) is 4.79 Å². The summed E-state index contributed by atoms with van der Waals surface area (Å²) in [6.07, 6.45) is 3.73. The second-order valence-corrected chi connectivity index (χ2v) is 2.93. The molecule has 0 aliphatic rings. The zero-order chi connectivity index (χ0) is 9.84. The van der Waals surface area contributed by atoms with Crippen molar-refractivity contribution in [1.82, 2.24) is 9.78 Å². The molecule has 72 valence electrons. The van der Waals surface area contributed by atoms with Crippen LogP contribution in [0, 0.1) is 6.92 Å². The van der Waals surface area contributed by atoms with Gasteiger partial charge in [0.05, 0.1) is 6.20 Å². The van der Waals surface area contributed by atoms with Crippen molar-refractivity contribution < 1.29 is 9.90 Å². The van der Waals surface area contributed by atoms with Gasteiger partial charge in [0, 0.05) is 6.20 Å². The lowest BCUT2D eigenvalue weighted by Gasteiger charge is -2.10. The molecule has 5 heteroatoms. The Labute approximate surface area is 76.2 Å². The normalized spacial score (nSPS) is 12.8. The van der Waals surface area contributed by atoms with Gasteiger partial charge in [0.1, 0.15) is 0 Å². The van der Waals surface area contributed by atoms with Gasteiger partial charge in [0.25, 0.3) is 0 Å². The molecular weight excluding hydrogens is 170 g/mol. The Morgan fingerprint density at radius 1 is 1.85 bits per heavy atom. The molecule has 1 heterocycles. The number of carboxylic acids is 1. The number of nitrogens with zero attached hydrogens (tertiary/aromatic N) is 2. The first-order chi connectivity index (χ1) is 6.15. The number of aliphatic carboxylic acids is 1. The van der Waals surface area contributed by atoms with Gasteiger partial charge in [0.15, 0.2) is 6.04 Å².